The lowest BCUT2D eigenvalue weighted by Crippen LogP contribution is -2.42. The molecule has 2 aliphatic rings. The second-order valence-electron chi connectivity index (χ2n) is 5.83. The van der Waals surface area contributed by atoms with Crippen LogP contribution < -0.4 is 5.32 Å². The molecule has 0 amide bonds. The molecule has 0 radical (unpaired) electrons. The highest BCUT2D eigenvalue weighted by Gasteiger charge is 2.39. The predicted molar refractivity (Wildman–Crippen MR) is 80.2 cm³/mol. The van der Waals surface area contributed by atoms with Crippen molar-refractivity contribution in [3.63, 3.8) is 0 Å². The zero-order valence-electron chi connectivity index (χ0n) is 11.2. The number of rotatable bonds is 2. The number of halogens is 3. The number of ether oxygens (including phenoxy) is 1. The molecule has 20 heavy (non-hydrogen) atoms. The third-order valence-electron chi connectivity index (χ3n) is 4.36. The summed E-state index contributed by atoms with van der Waals surface area (Å²) in [7, 11) is 0. The van der Waals surface area contributed by atoms with Crippen LogP contribution in [0.2, 0.25) is 10.0 Å². The molecule has 1 saturated heterocycles. The molecule has 0 aromatic heterocycles. The number of hydrogen-bond acceptors (Lipinski definition) is 2. The van der Waals surface area contributed by atoms with E-state index in [2.05, 4.69) is 5.32 Å². The number of anilines is 1. The summed E-state index contributed by atoms with van der Waals surface area (Å²) < 4.78 is 19.4. The van der Waals surface area contributed by atoms with Gasteiger partial charge in [-0.3, -0.25) is 0 Å². The molecule has 5 heteroatoms. The minimum atomic E-state index is -0.557. The van der Waals surface area contributed by atoms with Gasteiger partial charge in [-0.1, -0.05) is 36.0 Å². The summed E-state index contributed by atoms with van der Waals surface area (Å²) in [5.41, 5.74) is 0.838. The van der Waals surface area contributed by atoms with Crippen LogP contribution in [0.4, 0.5) is 10.1 Å². The molecular weight excluding hydrogens is 300 g/mol. The second-order valence-corrected chi connectivity index (χ2v) is 6.64. The van der Waals surface area contributed by atoms with E-state index in [0.717, 1.165) is 38.0 Å². The van der Waals surface area contributed by atoms with Gasteiger partial charge >= 0.3 is 0 Å². The summed E-state index contributed by atoms with van der Waals surface area (Å²) in [5, 5.41) is 3.54. The van der Waals surface area contributed by atoms with Gasteiger partial charge in [0.25, 0.3) is 0 Å². The molecule has 1 aromatic carbocycles. The van der Waals surface area contributed by atoms with Crippen molar-refractivity contribution >= 4 is 28.9 Å². The van der Waals surface area contributed by atoms with Gasteiger partial charge in [0.15, 0.2) is 5.82 Å². The van der Waals surface area contributed by atoms with E-state index >= 15 is 0 Å². The Morgan fingerprint density at radius 1 is 1.20 bits per heavy atom. The Kier molecular flexibility index (Phi) is 4.11. The monoisotopic (exact) mass is 317 g/mol. The largest absolute Gasteiger partial charge is 0.382 e. The smallest absolute Gasteiger partial charge is 0.160 e. The molecule has 2 fully saturated rings. The Balaban J connectivity index is 1.71. The molecule has 1 aliphatic carbocycles. The number of nitrogens with one attached hydrogen (secondary N) is 1. The summed E-state index contributed by atoms with van der Waals surface area (Å²) in [4.78, 5) is 0. The van der Waals surface area contributed by atoms with E-state index < -0.39 is 5.82 Å². The first kappa shape index (κ1) is 14.4. The van der Waals surface area contributed by atoms with Crippen LogP contribution >= 0.6 is 23.2 Å². The Morgan fingerprint density at radius 2 is 1.85 bits per heavy atom. The van der Waals surface area contributed by atoms with Crippen LogP contribution in [-0.4, -0.2) is 18.2 Å². The van der Waals surface area contributed by atoms with Crippen molar-refractivity contribution in [2.45, 2.75) is 50.2 Å². The lowest BCUT2D eigenvalue weighted by Gasteiger charge is -2.39. The van der Waals surface area contributed by atoms with Crippen LogP contribution in [0.1, 0.15) is 38.5 Å². The van der Waals surface area contributed by atoms with Crippen molar-refractivity contribution in [3.05, 3.63) is 28.0 Å². The maximum atomic E-state index is 13.4. The van der Waals surface area contributed by atoms with Gasteiger partial charge in [0.1, 0.15) is 0 Å². The zero-order chi connectivity index (χ0) is 14.2. The molecule has 3 rings (SSSR count). The topological polar surface area (TPSA) is 21.3 Å². The van der Waals surface area contributed by atoms with Gasteiger partial charge in [-0.25, -0.2) is 4.39 Å². The molecule has 1 spiro atoms. The van der Waals surface area contributed by atoms with Crippen LogP contribution in [-0.2, 0) is 4.74 Å². The third kappa shape index (κ3) is 2.90. The SMILES string of the molecule is Fc1c(Cl)cc(NC2CCOC3(CCCC3)C2)cc1Cl. The fourth-order valence-electron chi connectivity index (χ4n) is 3.39. The molecule has 0 bridgehead atoms. The minimum Gasteiger partial charge on any atom is -0.382 e. The first-order valence-corrected chi connectivity index (χ1v) is 7.89. The van der Waals surface area contributed by atoms with Crippen molar-refractivity contribution < 1.29 is 9.13 Å². The lowest BCUT2D eigenvalue weighted by atomic mass is 9.89. The van der Waals surface area contributed by atoms with Gasteiger partial charge in [0.2, 0.25) is 0 Å². The van der Waals surface area contributed by atoms with E-state index in [1.807, 2.05) is 0 Å². The molecule has 1 atom stereocenters. The summed E-state index contributed by atoms with van der Waals surface area (Å²) in [6.07, 6.45) is 6.75. The molecule has 1 saturated carbocycles. The van der Waals surface area contributed by atoms with Gasteiger partial charge < -0.3 is 10.1 Å². The summed E-state index contributed by atoms with van der Waals surface area (Å²) in [5.74, 6) is -0.557. The Bertz CT molecular complexity index is 480. The minimum absolute atomic E-state index is 0.0580. The second kappa shape index (κ2) is 5.70. The highest BCUT2D eigenvalue weighted by atomic mass is 35.5. The molecule has 2 nitrogen and oxygen atoms in total. The van der Waals surface area contributed by atoms with Crippen LogP contribution in [0.15, 0.2) is 12.1 Å². The molecule has 1 unspecified atom stereocenters. The van der Waals surface area contributed by atoms with E-state index in [-0.39, 0.29) is 15.6 Å². The highest BCUT2D eigenvalue weighted by molar-refractivity contribution is 6.35. The molecule has 1 N–H and O–H groups in total. The Hall–Kier alpha value is -0.510. The van der Waals surface area contributed by atoms with Crippen molar-refractivity contribution in [2.24, 2.45) is 0 Å². The van der Waals surface area contributed by atoms with Crippen molar-refractivity contribution in [1.82, 2.24) is 0 Å². The Morgan fingerprint density at radius 3 is 2.50 bits per heavy atom. The normalized spacial score (nSPS) is 25.1. The lowest BCUT2D eigenvalue weighted by molar-refractivity contribution is -0.0767. The average molecular weight is 318 g/mol. The summed E-state index contributed by atoms with van der Waals surface area (Å²) >= 11 is 11.7. The van der Waals surface area contributed by atoms with E-state index in [0.29, 0.717) is 6.04 Å². The van der Waals surface area contributed by atoms with E-state index in [1.165, 1.54) is 12.8 Å². The van der Waals surface area contributed by atoms with Gasteiger partial charge in [0, 0.05) is 18.3 Å². The molecular formula is C15H18Cl2FNO. The first-order chi connectivity index (χ1) is 9.58. The maximum absolute atomic E-state index is 13.4. The van der Waals surface area contributed by atoms with Gasteiger partial charge in [-0.05, 0) is 37.8 Å². The standard InChI is InChI=1S/C15H18Cl2FNO/c16-12-7-11(8-13(17)14(12)18)19-10-3-6-20-15(9-10)4-1-2-5-15/h7-8,10,19H,1-6,9H2. The van der Waals surface area contributed by atoms with Crippen LogP contribution in [0.5, 0.6) is 0 Å². The van der Waals surface area contributed by atoms with Crippen LogP contribution in [0.3, 0.4) is 0 Å². The summed E-state index contributed by atoms with van der Waals surface area (Å²) in [6.45, 7) is 0.778. The maximum Gasteiger partial charge on any atom is 0.160 e. The highest BCUT2D eigenvalue weighted by Crippen LogP contribution is 2.41. The molecule has 1 heterocycles. The summed E-state index contributed by atoms with van der Waals surface area (Å²) in [6, 6.07) is 3.53. The third-order valence-corrected chi connectivity index (χ3v) is 4.91. The van der Waals surface area contributed by atoms with Gasteiger partial charge in [-0.15, -0.1) is 0 Å². The number of hydrogen-bond donors (Lipinski definition) is 1. The van der Waals surface area contributed by atoms with Gasteiger partial charge in [-0.2, -0.15) is 0 Å². The van der Waals surface area contributed by atoms with Crippen molar-refractivity contribution in [1.29, 1.82) is 0 Å². The van der Waals surface area contributed by atoms with Gasteiger partial charge in [0.05, 0.1) is 15.6 Å². The van der Waals surface area contributed by atoms with E-state index in [4.69, 9.17) is 27.9 Å². The van der Waals surface area contributed by atoms with Crippen LogP contribution in [0.25, 0.3) is 0 Å². The average Bonchev–Trinajstić information content (AvgIpc) is 2.84. The van der Waals surface area contributed by atoms with Crippen molar-refractivity contribution in [3.8, 4) is 0 Å². The predicted octanol–water partition coefficient (Wildman–Crippen LogP) is 5.04. The molecule has 1 aromatic rings. The van der Waals surface area contributed by atoms with E-state index in [1.54, 1.807) is 12.1 Å². The van der Waals surface area contributed by atoms with E-state index in [9.17, 15) is 4.39 Å². The zero-order valence-corrected chi connectivity index (χ0v) is 12.7. The van der Waals surface area contributed by atoms with Crippen LogP contribution in [0, 0.1) is 5.82 Å². The first-order valence-electron chi connectivity index (χ1n) is 7.13. The Labute approximate surface area is 128 Å². The molecule has 1 aliphatic heterocycles. The number of benzene rings is 1. The fourth-order valence-corrected chi connectivity index (χ4v) is 3.88. The fraction of sp³-hybridized carbons (Fsp3) is 0.600. The van der Waals surface area contributed by atoms with Crippen molar-refractivity contribution in [2.75, 3.05) is 11.9 Å². The molecule has 110 valence electrons. The quantitative estimate of drug-likeness (QED) is 0.772.